The zero-order valence-corrected chi connectivity index (χ0v) is 29.5. The number of imidazole rings is 1. The van der Waals surface area contributed by atoms with Gasteiger partial charge in [-0.05, 0) is 57.6 Å². The Morgan fingerprint density at radius 2 is 1.61 bits per heavy atom. The zero-order valence-electron chi connectivity index (χ0n) is 30.1. The molecule has 8 nitrogen and oxygen atoms in total. The summed E-state index contributed by atoms with van der Waals surface area (Å²) in [5.74, 6) is 0.859. The van der Waals surface area contributed by atoms with E-state index in [0.29, 0.717) is 28.4 Å². The van der Waals surface area contributed by atoms with Gasteiger partial charge in [-0.15, -0.1) is 58.2 Å². The van der Waals surface area contributed by atoms with Gasteiger partial charge in [-0.3, -0.25) is 9.37 Å². The summed E-state index contributed by atoms with van der Waals surface area (Å²) in [7, 11) is 0. The maximum absolute atomic E-state index is 12.7. The average Bonchev–Trinajstić information content (AvgIpc) is 3.70. The van der Waals surface area contributed by atoms with Crippen molar-refractivity contribution in [2.75, 3.05) is 0 Å². The predicted octanol–water partition coefficient (Wildman–Crippen LogP) is 9.21. The van der Waals surface area contributed by atoms with Crippen LogP contribution in [0.5, 0.6) is 0 Å². The minimum absolute atomic E-state index is 0. The molecule has 4 heterocycles. The van der Waals surface area contributed by atoms with Crippen molar-refractivity contribution >= 4 is 33.2 Å². The second-order valence-electron chi connectivity index (χ2n) is 11.9. The van der Waals surface area contributed by atoms with E-state index in [1.807, 2.05) is 30.3 Å². The van der Waals surface area contributed by atoms with Gasteiger partial charge in [0.15, 0.2) is 0 Å². The van der Waals surface area contributed by atoms with E-state index in [-0.39, 0.29) is 43.3 Å². The van der Waals surface area contributed by atoms with Crippen LogP contribution in [0.3, 0.4) is 0 Å². The predicted molar refractivity (Wildman–Crippen MR) is 185 cm³/mol. The fourth-order valence-electron chi connectivity index (χ4n) is 5.81. The van der Waals surface area contributed by atoms with Gasteiger partial charge < -0.3 is 14.0 Å². The molecule has 10 heteroatoms. The van der Waals surface area contributed by atoms with Crippen LogP contribution in [-0.4, -0.2) is 35.2 Å². The molecule has 0 unspecified atom stereocenters. The van der Waals surface area contributed by atoms with Gasteiger partial charge in [0, 0.05) is 47.3 Å². The van der Waals surface area contributed by atoms with Gasteiger partial charge in [0.2, 0.25) is 11.3 Å². The number of furan rings is 1. The molecule has 8 aromatic rings. The van der Waals surface area contributed by atoms with Crippen molar-refractivity contribution in [1.29, 1.82) is 0 Å². The molecule has 0 aliphatic heterocycles. The number of hydrogen-bond acceptors (Lipinski definition) is 7. The summed E-state index contributed by atoms with van der Waals surface area (Å²) >= 11 is 0. The number of rotatable bonds is 5. The normalized spacial score (nSPS) is 12.4. The molecular formula is C39H32FIrN7O-2. The Labute approximate surface area is 301 Å². The first-order chi connectivity index (χ1) is 24.5. The molecule has 0 saturated carbocycles. The van der Waals surface area contributed by atoms with E-state index in [4.69, 9.17) is 13.5 Å². The Balaban J connectivity index is 0.000000218. The second kappa shape index (κ2) is 14.1. The maximum Gasteiger partial charge on any atom is 0.214 e. The van der Waals surface area contributed by atoms with Crippen molar-refractivity contribution in [1.82, 2.24) is 35.2 Å². The van der Waals surface area contributed by atoms with Crippen molar-refractivity contribution in [2.24, 2.45) is 0 Å². The smallest absolute Gasteiger partial charge is 0.214 e. The Morgan fingerprint density at radius 3 is 2.31 bits per heavy atom. The van der Waals surface area contributed by atoms with Crippen LogP contribution in [-0.2, 0) is 20.1 Å². The van der Waals surface area contributed by atoms with Crippen LogP contribution in [0.2, 0.25) is 0 Å². The van der Waals surface area contributed by atoms with Gasteiger partial charge in [-0.2, -0.15) is 0 Å². The Bertz CT molecular complexity index is 2470. The molecule has 247 valence electrons. The quantitative estimate of drug-likeness (QED) is 0.160. The molecule has 1 radical (unpaired) electrons. The summed E-state index contributed by atoms with van der Waals surface area (Å²) in [6, 6.07) is 31.7. The molecule has 4 aromatic carbocycles. The van der Waals surface area contributed by atoms with Gasteiger partial charge in [0.1, 0.15) is 5.58 Å². The minimum Gasteiger partial charge on any atom is -0.501 e. The molecule has 8 rings (SSSR count). The number of fused-ring (bicyclic) bond motifs is 4. The third-order valence-corrected chi connectivity index (χ3v) is 8.10. The van der Waals surface area contributed by atoms with Crippen LogP contribution in [0.1, 0.15) is 60.3 Å². The van der Waals surface area contributed by atoms with Gasteiger partial charge in [0.25, 0.3) is 0 Å². The van der Waals surface area contributed by atoms with Crippen molar-refractivity contribution in [2.45, 2.75) is 46.4 Å². The van der Waals surface area contributed by atoms with E-state index in [9.17, 15) is 4.39 Å². The number of benzene rings is 4. The van der Waals surface area contributed by atoms with Crippen LogP contribution >= 0.6 is 0 Å². The fourth-order valence-corrected chi connectivity index (χ4v) is 5.81. The van der Waals surface area contributed by atoms with E-state index in [2.05, 4.69) is 94.3 Å². The largest absolute Gasteiger partial charge is 0.501 e. The summed E-state index contributed by atoms with van der Waals surface area (Å²) in [6.07, 6.45) is 1.31. The van der Waals surface area contributed by atoms with Crippen molar-refractivity contribution < 1.29 is 33.0 Å². The third kappa shape index (κ3) is 6.49. The van der Waals surface area contributed by atoms with Crippen molar-refractivity contribution in [3.05, 3.63) is 126 Å². The second-order valence-corrected chi connectivity index (χ2v) is 11.9. The molecule has 0 atom stereocenters. The molecule has 0 aliphatic carbocycles. The van der Waals surface area contributed by atoms with Gasteiger partial charge >= 0.3 is 0 Å². The maximum atomic E-state index is 12.7. The summed E-state index contributed by atoms with van der Waals surface area (Å²) in [5, 5.41) is 18.2. The molecule has 0 bridgehead atoms. The van der Waals surface area contributed by atoms with E-state index >= 15 is 0 Å². The van der Waals surface area contributed by atoms with Crippen molar-refractivity contribution in [3.63, 3.8) is 0 Å². The zero-order chi connectivity index (χ0) is 35.9. The molecule has 0 fully saturated rings. The van der Waals surface area contributed by atoms with Gasteiger partial charge in [-0.25, -0.2) is 0 Å². The number of para-hydroxylation sites is 2. The van der Waals surface area contributed by atoms with E-state index in [1.54, 1.807) is 12.1 Å². The molecule has 4 aromatic heterocycles. The Hall–Kier alpha value is -5.18. The number of nitrogens with zero attached hydrogens (tertiary/aromatic N) is 7. The third-order valence-electron chi connectivity index (χ3n) is 8.10. The van der Waals surface area contributed by atoms with Crippen molar-refractivity contribution in [3.8, 4) is 28.3 Å². The van der Waals surface area contributed by atoms with Crippen LogP contribution in [0, 0.1) is 24.8 Å². The first-order valence-corrected chi connectivity index (χ1v) is 15.6. The summed E-state index contributed by atoms with van der Waals surface area (Å²) < 4.78 is 42.7. The number of pyridine rings is 1. The van der Waals surface area contributed by atoms with Crippen LogP contribution in [0.4, 0.5) is 4.39 Å². The van der Waals surface area contributed by atoms with Gasteiger partial charge in [0.05, 0.1) is 11.4 Å². The molecule has 0 saturated heterocycles. The molecule has 0 aliphatic rings. The monoisotopic (exact) mass is 829 g/mol. The summed E-state index contributed by atoms with van der Waals surface area (Å²) in [6.45, 7) is 6.62. The fraction of sp³-hybridized carbons (Fsp3) is 0.179. The molecular weight excluding hydrogens is 794 g/mol. The van der Waals surface area contributed by atoms with Crippen LogP contribution in [0.15, 0.2) is 95.5 Å². The first kappa shape index (κ1) is 29.9. The van der Waals surface area contributed by atoms with Gasteiger partial charge in [-0.1, -0.05) is 87.2 Å². The number of aryl methyl sites for hydroxylation is 1. The van der Waals surface area contributed by atoms with Crippen LogP contribution < -0.4 is 0 Å². The molecule has 49 heavy (non-hydrogen) atoms. The number of aromatic nitrogens is 7. The van der Waals surface area contributed by atoms with Crippen LogP contribution in [0.25, 0.3) is 61.6 Å². The molecule has 0 amide bonds. The SMILES string of the molecule is CC(C)c1cccc(C(C)C)c1-n1c(-c2[c-]ccc3c2oc2ccccc23)nc2nnnnc21.[2H]C([2H])([2H])c1ccc(-c2[c-]cc(F)cc2)nc1.[Ir]. The first-order valence-electron chi connectivity index (χ1n) is 17.1. The number of hydrogen-bond donors (Lipinski definition) is 0. The number of halogens is 1. The standard InChI is InChI=1S/C27H23N6O.C12H9FN.Ir/c1-15(2)17-10-7-11-18(16(3)4)23(17)33-26(28-25-27(33)30-32-31-29-25)21-13-8-12-20-19-9-5-6-14-22(19)34-24(20)21;1-9-2-7-12(14-8-9)10-3-5-11(13)6-4-10;/h5-12,14-16H,1-4H3;2-3,5-8H,1H3;/q2*-1;/i;1D3;. The van der Waals surface area contributed by atoms with E-state index in [0.717, 1.165) is 33.2 Å². The Morgan fingerprint density at radius 1 is 0.837 bits per heavy atom. The molecule has 0 N–H and O–H groups in total. The minimum atomic E-state index is -2.15. The molecule has 0 spiro atoms. The van der Waals surface area contributed by atoms with E-state index < -0.39 is 6.85 Å². The van der Waals surface area contributed by atoms with E-state index in [1.165, 1.54) is 35.5 Å². The topological polar surface area (TPSA) is 95.4 Å². The Kier molecular flexibility index (Phi) is 8.62. The summed E-state index contributed by atoms with van der Waals surface area (Å²) in [5.41, 5.74) is 8.12. The summed E-state index contributed by atoms with van der Waals surface area (Å²) in [4.78, 5) is 8.91. The average molecular weight is 829 g/mol.